The number of dihydropyridines is 1. The largest absolute Gasteiger partial charge is 0.468 e. The van der Waals surface area contributed by atoms with E-state index in [1.165, 1.54) is 18.0 Å². The van der Waals surface area contributed by atoms with Crippen LogP contribution in [-0.4, -0.2) is 17.6 Å². The lowest BCUT2D eigenvalue weighted by atomic mass is 9.85. The molecular formula is C28H26N4O3S. The Kier molecular flexibility index (Phi) is 7.62. The van der Waals surface area contributed by atoms with Gasteiger partial charge in [0.1, 0.15) is 5.76 Å². The molecule has 2 aromatic carbocycles. The van der Waals surface area contributed by atoms with E-state index in [-0.39, 0.29) is 17.6 Å². The van der Waals surface area contributed by atoms with Gasteiger partial charge in [-0.25, -0.2) is 0 Å². The highest BCUT2D eigenvalue weighted by Crippen LogP contribution is 2.41. The second-order valence-electron chi connectivity index (χ2n) is 8.39. The highest BCUT2D eigenvalue weighted by atomic mass is 32.2. The Morgan fingerprint density at radius 3 is 2.36 bits per heavy atom. The molecule has 3 aromatic rings. The quantitative estimate of drug-likeness (QED) is 0.391. The maximum absolute atomic E-state index is 13.6. The van der Waals surface area contributed by atoms with Crippen molar-refractivity contribution in [2.75, 3.05) is 16.4 Å². The second-order valence-corrected chi connectivity index (χ2v) is 9.38. The number of allylic oxidation sites excluding steroid dienone is 2. The smallest absolute Gasteiger partial charge is 0.254 e. The van der Waals surface area contributed by atoms with Crippen LogP contribution >= 0.6 is 11.8 Å². The minimum Gasteiger partial charge on any atom is -0.468 e. The SMILES string of the molecule is CC1=C(C(=O)Nc2c(C)cccc2C)C(c2ccco2)C(C#N)=C(SCC(=O)Nc2ccccc2)N1. The molecule has 1 aliphatic heterocycles. The number of anilines is 2. The molecule has 2 heterocycles. The molecule has 1 aliphatic rings. The molecule has 0 fully saturated rings. The fourth-order valence-corrected chi connectivity index (χ4v) is 5.01. The van der Waals surface area contributed by atoms with Gasteiger partial charge >= 0.3 is 0 Å². The van der Waals surface area contributed by atoms with Crippen LogP contribution < -0.4 is 16.0 Å². The first kappa shape index (κ1) is 24.9. The van der Waals surface area contributed by atoms with Gasteiger partial charge in [0, 0.05) is 17.1 Å². The number of nitriles is 1. The molecule has 1 unspecified atom stereocenters. The summed E-state index contributed by atoms with van der Waals surface area (Å²) in [7, 11) is 0. The normalized spacial score (nSPS) is 15.2. The Bertz CT molecular complexity index is 1370. The number of para-hydroxylation sites is 2. The molecule has 0 saturated carbocycles. The number of furan rings is 1. The van der Waals surface area contributed by atoms with Crippen LogP contribution in [0.25, 0.3) is 0 Å². The number of thioether (sulfide) groups is 1. The first-order valence-corrected chi connectivity index (χ1v) is 12.4. The maximum Gasteiger partial charge on any atom is 0.254 e. The second kappa shape index (κ2) is 11.0. The average molecular weight is 499 g/mol. The number of nitrogens with zero attached hydrogens (tertiary/aromatic N) is 1. The first-order chi connectivity index (χ1) is 17.4. The van der Waals surface area contributed by atoms with Crippen molar-refractivity contribution >= 4 is 35.0 Å². The zero-order chi connectivity index (χ0) is 25.7. The van der Waals surface area contributed by atoms with Gasteiger partial charge in [-0.2, -0.15) is 5.26 Å². The zero-order valence-corrected chi connectivity index (χ0v) is 21.0. The van der Waals surface area contributed by atoms with Crippen LogP contribution in [0, 0.1) is 25.2 Å². The van der Waals surface area contributed by atoms with E-state index in [2.05, 4.69) is 22.0 Å². The van der Waals surface area contributed by atoms with Gasteiger partial charge in [0.05, 0.1) is 40.2 Å². The van der Waals surface area contributed by atoms with Gasteiger partial charge in [-0.1, -0.05) is 48.2 Å². The van der Waals surface area contributed by atoms with E-state index in [0.717, 1.165) is 16.8 Å². The molecule has 36 heavy (non-hydrogen) atoms. The van der Waals surface area contributed by atoms with Crippen molar-refractivity contribution in [3.05, 3.63) is 106 Å². The minimum atomic E-state index is -0.713. The van der Waals surface area contributed by atoms with Crippen LogP contribution in [0.1, 0.15) is 29.7 Å². The van der Waals surface area contributed by atoms with Gasteiger partial charge in [0.15, 0.2) is 0 Å². The molecule has 8 heteroatoms. The number of hydrogen-bond donors (Lipinski definition) is 3. The molecule has 2 amide bonds. The van der Waals surface area contributed by atoms with E-state index in [0.29, 0.717) is 33.3 Å². The number of carbonyl (C=O) groups is 2. The fourth-order valence-electron chi connectivity index (χ4n) is 4.12. The number of nitrogens with one attached hydrogen (secondary N) is 3. The topological polar surface area (TPSA) is 107 Å². The van der Waals surface area contributed by atoms with Crippen LogP contribution in [0.4, 0.5) is 11.4 Å². The zero-order valence-electron chi connectivity index (χ0n) is 20.2. The third kappa shape index (κ3) is 5.37. The molecule has 4 rings (SSSR count). The lowest BCUT2D eigenvalue weighted by Gasteiger charge is -2.28. The van der Waals surface area contributed by atoms with Gasteiger partial charge < -0.3 is 20.4 Å². The van der Waals surface area contributed by atoms with Crippen molar-refractivity contribution in [3.63, 3.8) is 0 Å². The molecule has 7 nitrogen and oxygen atoms in total. The van der Waals surface area contributed by atoms with E-state index >= 15 is 0 Å². The molecule has 182 valence electrons. The van der Waals surface area contributed by atoms with Gasteiger partial charge in [-0.3, -0.25) is 9.59 Å². The standard InChI is InChI=1S/C28H26N4O3S/c1-17-9-7-10-18(2)26(17)32-27(34)24-19(3)30-28(21(15-29)25(24)22-13-8-14-35-22)36-16-23(33)31-20-11-5-4-6-12-20/h4-14,25,30H,16H2,1-3H3,(H,31,33)(H,32,34). The number of aryl methyl sites for hydroxylation is 2. The van der Waals surface area contributed by atoms with E-state index in [9.17, 15) is 14.9 Å². The molecule has 0 spiro atoms. The summed E-state index contributed by atoms with van der Waals surface area (Å²) >= 11 is 1.21. The Labute approximate surface area is 214 Å². The summed E-state index contributed by atoms with van der Waals surface area (Å²) in [4.78, 5) is 26.1. The maximum atomic E-state index is 13.6. The summed E-state index contributed by atoms with van der Waals surface area (Å²) in [5.41, 5.74) is 4.62. The van der Waals surface area contributed by atoms with Crippen molar-refractivity contribution in [2.24, 2.45) is 0 Å². The average Bonchev–Trinajstić information content (AvgIpc) is 3.40. The van der Waals surface area contributed by atoms with Crippen molar-refractivity contribution in [1.29, 1.82) is 5.26 Å². The van der Waals surface area contributed by atoms with Gasteiger partial charge in [0.2, 0.25) is 5.91 Å². The summed E-state index contributed by atoms with van der Waals surface area (Å²) in [5, 5.41) is 19.7. The molecule has 0 bridgehead atoms. The van der Waals surface area contributed by atoms with Crippen molar-refractivity contribution in [2.45, 2.75) is 26.7 Å². The Hall–Kier alpha value is -4.22. The first-order valence-electron chi connectivity index (χ1n) is 11.4. The van der Waals surface area contributed by atoms with Crippen LogP contribution in [-0.2, 0) is 9.59 Å². The molecular weight excluding hydrogens is 472 g/mol. The highest BCUT2D eigenvalue weighted by Gasteiger charge is 2.36. The van der Waals surface area contributed by atoms with Crippen LogP contribution in [0.3, 0.4) is 0 Å². The summed E-state index contributed by atoms with van der Waals surface area (Å²) in [6.07, 6.45) is 1.52. The van der Waals surface area contributed by atoms with Crippen LogP contribution in [0.15, 0.2) is 93.2 Å². The minimum absolute atomic E-state index is 0.0878. The van der Waals surface area contributed by atoms with Crippen molar-refractivity contribution in [3.8, 4) is 6.07 Å². The van der Waals surface area contributed by atoms with Crippen LogP contribution in [0.5, 0.6) is 0 Å². The van der Waals surface area contributed by atoms with Gasteiger partial charge in [-0.05, 0) is 56.2 Å². The number of rotatable bonds is 7. The monoisotopic (exact) mass is 498 g/mol. The Balaban J connectivity index is 1.61. The van der Waals surface area contributed by atoms with Gasteiger partial charge in [-0.15, -0.1) is 0 Å². The molecule has 1 atom stereocenters. The number of hydrogen-bond acceptors (Lipinski definition) is 6. The predicted octanol–water partition coefficient (Wildman–Crippen LogP) is 5.60. The van der Waals surface area contributed by atoms with E-state index in [1.807, 2.05) is 62.4 Å². The van der Waals surface area contributed by atoms with Gasteiger partial charge in [0.25, 0.3) is 5.91 Å². The summed E-state index contributed by atoms with van der Waals surface area (Å²) in [6, 6.07) is 20.7. The number of benzene rings is 2. The third-order valence-electron chi connectivity index (χ3n) is 5.84. The molecule has 1 aromatic heterocycles. The highest BCUT2D eigenvalue weighted by molar-refractivity contribution is 8.03. The lowest BCUT2D eigenvalue weighted by Crippen LogP contribution is -2.31. The molecule has 3 N–H and O–H groups in total. The van der Waals surface area contributed by atoms with Crippen LogP contribution in [0.2, 0.25) is 0 Å². The fraction of sp³-hybridized carbons (Fsp3) is 0.179. The van der Waals surface area contributed by atoms with E-state index < -0.39 is 5.92 Å². The van der Waals surface area contributed by atoms with Crippen molar-refractivity contribution in [1.82, 2.24) is 5.32 Å². The third-order valence-corrected chi connectivity index (χ3v) is 6.86. The summed E-state index contributed by atoms with van der Waals surface area (Å²) in [5.74, 6) is -0.670. The Morgan fingerprint density at radius 1 is 1.00 bits per heavy atom. The van der Waals surface area contributed by atoms with E-state index in [1.54, 1.807) is 19.1 Å². The number of carbonyl (C=O) groups excluding carboxylic acids is 2. The van der Waals surface area contributed by atoms with E-state index in [4.69, 9.17) is 4.42 Å². The molecule has 0 radical (unpaired) electrons. The number of amides is 2. The Morgan fingerprint density at radius 2 is 1.72 bits per heavy atom. The summed E-state index contributed by atoms with van der Waals surface area (Å²) < 4.78 is 5.67. The molecule has 0 aliphatic carbocycles. The predicted molar refractivity (Wildman–Crippen MR) is 142 cm³/mol. The van der Waals surface area contributed by atoms with Crippen molar-refractivity contribution < 1.29 is 14.0 Å². The molecule has 0 saturated heterocycles. The summed E-state index contributed by atoms with van der Waals surface area (Å²) in [6.45, 7) is 5.65. The lowest BCUT2D eigenvalue weighted by molar-refractivity contribution is -0.114.